The number of Topliss-reactive ketones (excluding diaryl/α,β-unsaturated/α-hetero) is 1. The van der Waals surface area contributed by atoms with Gasteiger partial charge in [-0.1, -0.05) is 31.5 Å². The summed E-state index contributed by atoms with van der Waals surface area (Å²) in [5, 5.41) is 0.360. The van der Waals surface area contributed by atoms with Gasteiger partial charge in [0.2, 0.25) is 0 Å². The van der Waals surface area contributed by atoms with Gasteiger partial charge in [-0.15, -0.1) is 0 Å². The summed E-state index contributed by atoms with van der Waals surface area (Å²) >= 11 is 6.55. The molecule has 1 unspecified atom stereocenters. The predicted octanol–water partition coefficient (Wildman–Crippen LogP) is 5.85. The number of aryl methyl sites for hydroxylation is 1. The number of carbonyl (C=O) groups is 1. The lowest BCUT2D eigenvalue weighted by Gasteiger charge is -2.38. The smallest absolute Gasteiger partial charge is 0.161 e. The summed E-state index contributed by atoms with van der Waals surface area (Å²) < 4.78 is 15.9. The molecule has 0 radical (unpaired) electrons. The fourth-order valence-corrected chi connectivity index (χ4v) is 5.12. The fourth-order valence-electron chi connectivity index (χ4n) is 4.84. The van der Waals surface area contributed by atoms with Crippen molar-refractivity contribution in [3.05, 3.63) is 69.7 Å². The molecule has 4 nitrogen and oxygen atoms in total. The first-order chi connectivity index (χ1) is 14.5. The highest BCUT2D eigenvalue weighted by Gasteiger charge is 2.41. The second kappa shape index (κ2) is 8.38. The van der Waals surface area contributed by atoms with Gasteiger partial charge in [-0.25, -0.2) is 9.37 Å². The van der Waals surface area contributed by atoms with E-state index in [1.165, 1.54) is 12.1 Å². The number of halogens is 2. The van der Waals surface area contributed by atoms with Crippen LogP contribution >= 0.6 is 11.6 Å². The van der Waals surface area contributed by atoms with Gasteiger partial charge >= 0.3 is 0 Å². The van der Waals surface area contributed by atoms with E-state index in [0.717, 1.165) is 66.2 Å². The van der Waals surface area contributed by atoms with Crippen LogP contribution in [0, 0.1) is 5.82 Å². The third-order valence-electron chi connectivity index (χ3n) is 6.11. The highest BCUT2D eigenvalue weighted by atomic mass is 35.5. The van der Waals surface area contributed by atoms with Gasteiger partial charge in [0, 0.05) is 54.6 Å². The van der Waals surface area contributed by atoms with Gasteiger partial charge in [-0.2, -0.15) is 0 Å². The van der Waals surface area contributed by atoms with Crippen LogP contribution in [0.1, 0.15) is 63.3 Å². The summed E-state index contributed by atoms with van der Waals surface area (Å²) in [5.41, 5.74) is 4.88. The van der Waals surface area contributed by atoms with Gasteiger partial charge in [-0.3, -0.25) is 4.79 Å². The van der Waals surface area contributed by atoms with E-state index < -0.39 is 0 Å². The number of allylic oxidation sites excluding steroid dienone is 3. The van der Waals surface area contributed by atoms with Crippen molar-refractivity contribution in [3.8, 4) is 0 Å². The average molecular weight is 428 g/mol. The molecule has 4 rings (SSSR count). The minimum atomic E-state index is -0.373. The summed E-state index contributed by atoms with van der Waals surface area (Å²) in [6, 6.07) is 4.51. The molecular formula is C24H27ClFN3O. The Morgan fingerprint density at radius 3 is 2.77 bits per heavy atom. The van der Waals surface area contributed by atoms with E-state index in [1.54, 1.807) is 12.3 Å². The molecule has 6 heteroatoms. The van der Waals surface area contributed by atoms with E-state index in [9.17, 15) is 9.18 Å². The first-order valence-electron chi connectivity index (χ1n) is 10.7. The lowest BCUT2D eigenvalue weighted by atomic mass is 9.76. The largest absolute Gasteiger partial charge is 0.342 e. The van der Waals surface area contributed by atoms with Crippen LogP contribution in [0.15, 0.2) is 47.4 Å². The van der Waals surface area contributed by atoms with Crippen molar-refractivity contribution in [2.75, 3.05) is 6.54 Å². The van der Waals surface area contributed by atoms with E-state index in [2.05, 4.69) is 16.8 Å². The standard InChI is InChI=1S/C24H27ClFN3O/c1-4-7-20(30)22-19-8-6-12-29(19)23(24-27-11-13-28(24)3)16(5-2)21(22)17-10-9-15(26)14-18(17)25/h9-11,13-14,21H,4-8,12H2,1-3H3. The number of benzene rings is 1. The molecule has 0 saturated carbocycles. The van der Waals surface area contributed by atoms with E-state index >= 15 is 0 Å². The van der Waals surface area contributed by atoms with Crippen LogP contribution < -0.4 is 0 Å². The number of hydrogen-bond donors (Lipinski definition) is 0. The van der Waals surface area contributed by atoms with Crippen molar-refractivity contribution in [3.63, 3.8) is 0 Å². The van der Waals surface area contributed by atoms with Crippen molar-refractivity contribution in [1.82, 2.24) is 14.5 Å². The number of fused-ring (bicyclic) bond motifs is 1. The quantitative estimate of drug-likeness (QED) is 0.580. The fraction of sp³-hybridized carbons (Fsp3) is 0.417. The molecule has 3 heterocycles. The SMILES string of the molecule is CCCC(=O)C1=C2CCCN2C(c2nccn2C)=C(CC)C1c1ccc(F)cc1Cl. The zero-order valence-corrected chi connectivity index (χ0v) is 18.5. The molecule has 1 fully saturated rings. The molecule has 1 atom stereocenters. The lowest BCUT2D eigenvalue weighted by molar-refractivity contribution is -0.116. The molecule has 2 aliphatic rings. The summed E-state index contributed by atoms with van der Waals surface area (Å²) in [4.78, 5) is 20.3. The van der Waals surface area contributed by atoms with Crippen LogP contribution in [0.4, 0.5) is 4.39 Å². The van der Waals surface area contributed by atoms with Gasteiger partial charge in [0.1, 0.15) is 5.82 Å². The monoisotopic (exact) mass is 427 g/mol. The summed E-state index contributed by atoms with van der Waals surface area (Å²) in [5.74, 6) is 0.395. The molecule has 2 aliphatic heterocycles. The van der Waals surface area contributed by atoms with E-state index in [1.807, 2.05) is 24.7 Å². The maximum Gasteiger partial charge on any atom is 0.161 e. The maximum absolute atomic E-state index is 13.8. The summed E-state index contributed by atoms with van der Waals surface area (Å²) in [7, 11) is 1.99. The Hall–Kier alpha value is -2.40. The van der Waals surface area contributed by atoms with Gasteiger partial charge in [0.05, 0.1) is 5.70 Å². The Kier molecular flexibility index (Phi) is 5.83. The number of imidazole rings is 1. The molecule has 1 aromatic carbocycles. The second-order valence-electron chi connectivity index (χ2n) is 7.98. The zero-order valence-electron chi connectivity index (χ0n) is 17.7. The van der Waals surface area contributed by atoms with Crippen molar-refractivity contribution >= 4 is 23.1 Å². The molecule has 1 aromatic heterocycles. The minimum absolute atomic E-state index is 0.162. The molecule has 1 saturated heterocycles. The molecular weight excluding hydrogens is 401 g/mol. The predicted molar refractivity (Wildman–Crippen MR) is 117 cm³/mol. The first kappa shape index (κ1) is 20.9. The molecule has 0 bridgehead atoms. The van der Waals surface area contributed by atoms with Crippen molar-refractivity contribution in [2.45, 2.75) is 51.9 Å². The molecule has 0 spiro atoms. The number of carbonyl (C=O) groups excluding carboxylic acids is 1. The van der Waals surface area contributed by atoms with Crippen LogP contribution in [0.25, 0.3) is 5.70 Å². The normalized spacial score (nSPS) is 19.0. The highest BCUT2D eigenvalue weighted by Crippen LogP contribution is 2.50. The third kappa shape index (κ3) is 3.39. The van der Waals surface area contributed by atoms with Crippen molar-refractivity contribution in [1.29, 1.82) is 0 Å². The molecule has 0 amide bonds. The van der Waals surface area contributed by atoms with E-state index in [0.29, 0.717) is 11.4 Å². The first-order valence-corrected chi connectivity index (χ1v) is 11.0. The Morgan fingerprint density at radius 2 is 2.13 bits per heavy atom. The number of rotatable bonds is 6. The topological polar surface area (TPSA) is 38.1 Å². The van der Waals surface area contributed by atoms with E-state index in [-0.39, 0.29) is 17.5 Å². The second-order valence-corrected chi connectivity index (χ2v) is 8.38. The van der Waals surface area contributed by atoms with Gasteiger partial charge in [0.25, 0.3) is 0 Å². The van der Waals surface area contributed by atoms with Crippen LogP contribution in [-0.2, 0) is 11.8 Å². The highest BCUT2D eigenvalue weighted by molar-refractivity contribution is 6.31. The Labute approximate surface area is 182 Å². The third-order valence-corrected chi connectivity index (χ3v) is 6.44. The van der Waals surface area contributed by atoms with Gasteiger partial charge in [-0.05, 0) is 49.0 Å². The van der Waals surface area contributed by atoms with Crippen LogP contribution in [0.5, 0.6) is 0 Å². The zero-order chi connectivity index (χ0) is 21.4. The van der Waals surface area contributed by atoms with Crippen molar-refractivity contribution in [2.24, 2.45) is 7.05 Å². The minimum Gasteiger partial charge on any atom is -0.342 e. The number of ketones is 1. The molecule has 0 aliphatic carbocycles. The van der Waals surface area contributed by atoms with Crippen LogP contribution in [0.2, 0.25) is 5.02 Å². The summed E-state index contributed by atoms with van der Waals surface area (Å²) in [6.07, 6.45) is 7.61. The molecule has 158 valence electrons. The maximum atomic E-state index is 13.8. The summed E-state index contributed by atoms with van der Waals surface area (Å²) in [6.45, 7) is 4.99. The van der Waals surface area contributed by atoms with E-state index in [4.69, 9.17) is 11.6 Å². The van der Waals surface area contributed by atoms with Gasteiger partial charge < -0.3 is 9.47 Å². The van der Waals surface area contributed by atoms with Gasteiger partial charge in [0.15, 0.2) is 11.6 Å². The molecule has 2 aromatic rings. The Balaban J connectivity index is 2.01. The lowest BCUT2D eigenvalue weighted by Crippen LogP contribution is -2.31. The molecule has 30 heavy (non-hydrogen) atoms. The number of aromatic nitrogens is 2. The number of nitrogens with zero attached hydrogens (tertiary/aromatic N) is 3. The Bertz CT molecular complexity index is 1050. The number of hydrogen-bond acceptors (Lipinski definition) is 3. The average Bonchev–Trinajstić information content (AvgIpc) is 3.35. The van der Waals surface area contributed by atoms with Crippen LogP contribution in [-0.4, -0.2) is 26.8 Å². The van der Waals surface area contributed by atoms with Crippen LogP contribution in [0.3, 0.4) is 0 Å². The Morgan fingerprint density at radius 1 is 1.33 bits per heavy atom. The molecule has 0 N–H and O–H groups in total. The van der Waals surface area contributed by atoms with Crippen molar-refractivity contribution < 1.29 is 9.18 Å².